The van der Waals surface area contributed by atoms with Gasteiger partial charge in [-0.05, 0) is 37.3 Å². The number of aryl methyl sites for hydroxylation is 2. The molecule has 0 saturated heterocycles. The first kappa shape index (κ1) is 18.1. The molecular weight excluding hydrogens is 384 g/mol. The van der Waals surface area contributed by atoms with Gasteiger partial charge in [0.05, 0.1) is 15.9 Å². The number of hydrogen-bond acceptors (Lipinski definition) is 8. The van der Waals surface area contributed by atoms with Crippen molar-refractivity contribution in [3.63, 3.8) is 0 Å². The van der Waals surface area contributed by atoms with Crippen molar-refractivity contribution in [1.82, 2.24) is 9.97 Å². The third-order valence-corrected chi connectivity index (χ3v) is 5.87. The third-order valence-electron chi connectivity index (χ3n) is 4.68. The van der Waals surface area contributed by atoms with Gasteiger partial charge in [0.1, 0.15) is 17.3 Å². The Morgan fingerprint density at radius 1 is 1.36 bits per heavy atom. The highest BCUT2D eigenvalue weighted by molar-refractivity contribution is 7.18. The van der Waals surface area contributed by atoms with Gasteiger partial charge in [0, 0.05) is 22.7 Å². The van der Waals surface area contributed by atoms with E-state index in [1.54, 1.807) is 0 Å². The number of H-pyrrole nitrogens is 1. The van der Waals surface area contributed by atoms with Gasteiger partial charge in [-0.15, -0.1) is 11.3 Å². The highest BCUT2D eigenvalue weighted by Crippen LogP contribution is 2.33. The molecule has 0 aliphatic heterocycles. The number of anilines is 1. The summed E-state index contributed by atoms with van der Waals surface area (Å²) in [6.07, 6.45) is 3.99. The van der Waals surface area contributed by atoms with Gasteiger partial charge in [0.25, 0.3) is 11.2 Å². The molecule has 0 fully saturated rings. The van der Waals surface area contributed by atoms with Crippen molar-refractivity contribution in [2.45, 2.75) is 32.3 Å². The molecule has 3 N–H and O–H groups in total. The topological polar surface area (TPSA) is 141 Å². The van der Waals surface area contributed by atoms with Crippen LogP contribution in [-0.4, -0.2) is 20.9 Å². The van der Waals surface area contributed by atoms with Crippen LogP contribution in [0.5, 0.6) is 0 Å². The second kappa shape index (κ2) is 7.04. The molecule has 28 heavy (non-hydrogen) atoms. The van der Waals surface area contributed by atoms with Crippen LogP contribution in [0.1, 0.15) is 39.5 Å². The first-order valence-corrected chi connectivity index (χ1v) is 9.50. The highest BCUT2D eigenvalue weighted by Gasteiger charge is 2.21. The van der Waals surface area contributed by atoms with Gasteiger partial charge in [-0.2, -0.15) is 0 Å². The summed E-state index contributed by atoms with van der Waals surface area (Å²) in [5.74, 6) is -0.608. The predicted octanol–water partition coefficient (Wildman–Crippen LogP) is 2.71. The number of fused-ring (bicyclic) bond motifs is 3. The van der Waals surface area contributed by atoms with Crippen LogP contribution in [0.4, 0.5) is 11.4 Å². The van der Waals surface area contributed by atoms with Crippen LogP contribution < -0.4 is 11.3 Å². The average molecular weight is 400 g/mol. The van der Waals surface area contributed by atoms with Crippen LogP contribution in [0.3, 0.4) is 0 Å². The summed E-state index contributed by atoms with van der Waals surface area (Å²) in [5.41, 5.74) is 6.25. The second-order valence-electron chi connectivity index (χ2n) is 6.51. The molecule has 0 bridgehead atoms. The van der Waals surface area contributed by atoms with E-state index in [0.717, 1.165) is 37.3 Å². The largest absolute Gasteiger partial charge is 0.454 e. The number of non-ortho nitro benzene ring substituents is 1. The molecule has 0 unspecified atom stereocenters. The summed E-state index contributed by atoms with van der Waals surface area (Å²) in [4.78, 5) is 43.9. The van der Waals surface area contributed by atoms with Crippen LogP contribution in [0.15, 0.2) is 23.0 Å². The molecule has 0 saturated carbocycles. The summed E-state index contributed by atoms with van der Waals surface area (Å²) >= 11 is 1.50. The number of benzene rings is 1. The van der Waals surface area contributed by atoms with Crippen LogP contribution in [-0.2, 0) is 24.2 Å². The number of aromatic nitrogens is 2. The zero-order valence-electron chi connectivity index (χ0n) is 14.7. The lowest BCUT2D eigenvalue weighted by Crippen LogP contribution is -2.15. The summed E-state index contributed by atoms with van der Waals surface area (Å²) in [5, 5.41) is 11.5. The SMILES string of the molecule is Nc1ccc([N+](=O)[O-])cc1C(=O)OCc1nc2sc3c(c2c(=O)[nH]1)CCCC3. The number of nitrogens with one attached hydrogen (secondary N) is 1. The van der Waals surface area contributed by atoms with Crippen molar-refractivity contribution >= 4 is 38.9 Å². The standard InChI is InChI=1S/C18H16N4O5S/c19-12-6-5-9(22(25)26)7-11(12)18(24)27-8-14-20-16(23)15-10-3-1-2-4-13(10)28-17(15)21-14/h5-7H,1-4,8,19H2,(H,20,21,23). The van der Waals surface area contributed by atoms with Crippen molar-refractivity contribution in [3.05, 3.63) is 60.5 Å². The number of aromatic amines is 1. The third kappa shape index (κ3) is 3.22. The number of nitrogen functional groups attached to an aromatic ring is 1. The molecular formula is C18H16N4O5S. The van der Waals surface area contributed by atoms with Gasteiger partial charge >= 0.3 is 5.97 Å². The molecule has 1 aromatic carbocycles. The van der Waals surface area contributed by atoms with Crippen LogP contribution in [0.2, 0.25) is 0 Å². The summed E-state index contributed by atoms with van der Waals surface area (Å²) in [7, 11) is 0. The molecule has 3 aromatic rings. The quantitative estimate of drug-likeness (QED) is 0.297. The minimum atomic E-state index is -0.825. The molecule has 0 amide bonds. The molecule has 0 atom stereocenters. The molecule has 0 radical (unpaired) electrons. The number of esters is 1. The maximum atomic E-state index is 12.5. The van der Waals surface area contributed by atoms with E-state index in [1.807, 2.05) is 0 Å². The normalized spacial score (nSPS) is 13.3. The lowest BCUT2D eigenvalue weighted by Gasteiger charge is -2.09. The lowest BCUT2D eigenvalue weighted by atomic mass is 9.97. The van der Waals surface area contributed by atoms with Gasteiger partial charge in [0.2, 0.25) is 0 Å². The van der Waals surface area contributed by atoms with E-state index in [1.165, 1.54) is 28.3 Å². The minimum absolute atomic E-state index is 0.0680. The van der Waals surface area contributed by atoms with Crippen molar-refractivity contribution < 1.29 is 14.5 Å². The molecule has 1 aliphatic rings. The van der Waals surface area contributed by atoms with E-state index in [0.29, 0.717) is 10.2 Å². The Bertz CT molecular complexity index is 1170. The molecule has 10 heteroatoms. The zero-order valence-corrected chi connectivity index (χ0v) is 15.5. The Morgan fingerprint density at radius 3 is 2.93 bits per heavy atom. The van der Waals surface area contributed by atoms with Crippen molar-refractivity contribution in [2.24, 2.45) is 0 Å². The number of ether oxygens (including phenoxy) is 1. The van der Waals surface area contributed by atoms with E-state index in [2.05, 4.69) is 9.97 Å². The number of thiophene rings is 1. The van der Waals surface area contributed by atoms with E-state index >= 15 is 0 Å². The Balaban J connectivity index is 1.58. The summed E-state index contributed by atoms with van der Waals surface area (Å²) < 4.78 is 5.17. The zero-order chi connectivity index (χ0) is 19.8. The fraction of sp³-hybridized carbons (Fsp3) is 0.278. The molecule has 0 spiro atoms. The number of carbonyl (C=O) groups excluding carboxylic acids is 1. The van der Waals surface area contributed by atoms with Crippen LogP contribution in [0.25, 0.3) is 10.2 Å². The van der Waals surface area contributed by atoms with Crippen molar-refractivity contribution in [3.8, 4) is 0 Å². The summed E-state index contributed by atoms with van der Waals surface area (Å²) in [6, 6.07) is 3.54. The van der Waals surface area contributed by atoms with Gasteiger partial charge in [-0.1, -0.05) is 0 Å². The number of rotatable bonds is 4. The molecule has 2 aromatic heterocycles. The monoisotopic (exact) mass is 400 g/mol. The van der Waals surface area contributed by atoms with Gasteiger partial charge in [-0.3, -0.25) is 14.9 Å². The number of nitro groups is 1. The van der Waals surface area contributed by atoms with Crippen molar-refractivity contribution in [2.75, 3.05) is 5.73 Å². The highest BCUT2D eigenvalue weighted by atomic mass is 32.1. The van der Waals surface area contributed by atoms with Gasteiger partial charge in [0.15, 0.2) is 0 Å². The fourth-order valence-corrected chi connectivity index (χ4v) is 4.60. The average Bonchev–Trinajstić information content (AvgIpc) is 3.05. The maximum absolute atomic E-state index is 12.5. The molecule has 144 valence electrons. The number of nitrogens with zero attached hydrogens (tertiary/aromatic N) is 2. The fourth-order valence-electron chi connectivity index (χ4n) is 3.32. The number of carbonyl (C=O) groups is 1. The molecule has 4 rings (SSSR count). The number of nitro benzene ring substituents is 1. The molecule has 9 nitrogen and oxygen atoms in total. The Labute approximate surface area is 162 Å². The van der Waals surface area contributed by atoms with Crippen LogP contribution >= 0.6 is 11.3 Å². The van der Waals surface area contributed by atoms with Gasteiger partial charge < -0.3 is 15.5 Å². The van der Waals surface area contributed by atoms with E-state index in [4.69, 9.17) is 10.5 Å². The van der Waals surface area contributed by atoms with Crippen LogP contribution in [0, 0.1) is 10.1 Å². The van der Waals surface area contributed by atoms with Gasteiger partial charge in [-0.25, -0.2) is 9.78 Å². The Morgan fingerprint density at radius 2 is 2.14 bits per heavy atom. The van der Waals surface area contributed by atoms with E-state index < -0.39 is 10.9 Å². The predicted molar refractivity (Wildman–Crippen MR) is 104 cm³/mol. The van der Waals surface area contributed by atoms with E-state index in [-0.39, 0.29) is 34.9 Å². The summed E-state index contributed by atoms with van der Waals surface area (Å²) in [6.45, 7) is -0.269. The Kier molecular flexibility index (Phi) is 4.55. The number of nitrogens with two attached hydrogens (primary N) is 1. The molecule has 2 heterocycles. The van der Waals surface area contributed by atoms with E-state index in [9.17, 15) is 19.7 Å². The number of hydrogen-bond donors (Lipinski definition) is 2. The first-order chi connectivity index (χ1) is 13.4. The Hall–Kier alpha value is -3.27. The maximum Gasteiger partial charge on any atom is 0.340 e. The van der Waals surface area contributed by atoms with Crippen molar-refractivity contribution in [1.29, 1.82) is 0 Å². The first-order valence-electron chi connectivity index (χ1n) is 8.68. The second-order valence-corrected chi connectivity index (χ2v) is 7.59. The smallest absolute Gasteiger partial charge is 0.340 e. The minimum Gasteiger partial charge on any atom is -0.454 e. The molecule has 1 aliphatic carbocycles. The lowest BCUT2D eigenvalue weighted by molar-refractivity contribution is -0.384.